The van der Waals surface area contributed by atoms with Crippen molar-refractivity contribution < 1.29 is 14.7 Å². The summed E-state index contributed by atoms with van der Waals surface area (Å²) < 4.78 is 1.49. The number of nitrogens with one attached hydrogen (secondary N) is 1. The summed E-state index contributed by atoms with van der Waals surface area (Å²) in [5, 5.41) is 22.7. The van der Waals surface area contributed by atoms with E-state index in [4.69, 9.17) is 5.11 Å². The van der Waals surface area contributed by atoms with Gasteiger partial charge in [-0.1, -0.05) is 30.3 Å². The number of aromatic nitrogens is 4. The molecule has 0 fully saturated rings. The van der Waals surface area contributed by atoms with Gasteiger partial charge in [0.05, 0.1) is 0 Å². The molecule has 2 aromatic rings. The van der Waals surface area contributed by atoms with Crippen LogP contribution >= 0.6 is 0 Å². The van der Waals surface area contributed by atoms with E-state index in [-0.39, 0.29) is 12.3 Å². The van der Waals surface area contributed by atoms with Crippen molar-refractivity contribution in [1.82, 2.24) is 25.5 Å². The lowest BCUT2D eigenvalue weighted by Gasteiger charge is -2.17. The molecule has 1 atom stereocenters. The van der Waals surface area contributed by atoms with Crippen molar-refractivity contribution in [3.05, 3.63) is 41.7 Å². The highest BCUT2D eigenvalue weighted by Crippen LogP contribution is 2.15. The third-order valence-corrected chi connectivity index (χ3v) is 3.39. The van der Waals surface area contributed by atoms with Crippen LogP contribution in [0, 0.1) is 6.92 Å². The predicted octanol–water partition coefficient (Wildman–Crippen LogP) is 0.746. The lowest BCUT2D eigenvalue weighted by molar-refractivity contribution is -0.137. The zero-order valence-corrected chi connectivity index (χ0v) is 12.8. The van der Waals surface area contributed by atoms with Crippen LogP contribution in [-0.4, -0.2) is 43.7 Å². The van der Waals surface area contributed by atoms with Crippen LogP contribution in [0.4, 0.5) is 0 Å². The number of aliphatic carboxylic acids is 1. The van der Waals surface area contributed by atoms with Crippen molar-refractivity contribution in [3.63, 3.8) is 0 Å². The Hall–Kier alpha value is -2.77. The topological polar surface area (TPSA) is 110 Å². The Balaban J connectivity index is 2.06. The molecule has 8 nitrogen and oxygen atoms in total. The fourth-order valence-corrected chi connectivity index (χ4v) is 2.22. The number of carbonyl (C=O) groups excluding carboxylic acids is 1. The molecule has 1 unspecified atom stereocenters. The quantitative estimate of drug-likeness (QED) is 0.695. The minimum absolute atomic E-state index is 0.0214. The fraction of sp³-hybridized carbons (Fsp3) is 0.400. The summed E-state index contributed by atoms with van der Waals surface area (Å²) >= 11 is 0. The molecule has 23 heavy (non-hydrogen) atoms. The van der Waals surface area contributed by atoms with Crippen LogP contribution in [0.5, 0.6) is 0 Å². The first-order chi connectivity index (χ1) is 11.1. The molecule has 0 saturated carbocycles. The lowest BCUT2D eigenvalue weighted by atomic mass is 10.1. The van der Waals surface area contributed by atoms with Crippen LogP contribution < -0.4 is 5.32 Å². The number of carboxylic acids is 1. The number of carboxylic acid groups (broad SMARTS) is 1. The SMILES string of the molecule is Cc1nnnn1C(Cc1ccccc1)C(=O)NCCCC(=O)O. The molecule has 0 bridgehead atoms. The Morgan fingerprint density at radius 1 is 1.30 bits per heavy atom. The van der Waals surface area contributed by atoms with Crippen LogP contribution in [0.2, 0.25) is 0 Å². The van der Waals surface area contributed by atoms with E-state index in [1.54, 1.807) is 6.92 Å². The Bertz CT molecular complexity index is 656. The average Bonchev–Trinajstić information content (AvgIpc) is 2.95. The van der Waals surface area contributed by atoms with E-state index in [1.165, 1.54) is 4.68 Å². The number of rotatable bonds is 8. The third-order valence-electron chi connectivity index (χ3n) is 3.39. The summed E-state index contributed by atoms with van der Waals surface area (Å²) in [5.74, 6) is -0.558. The molecule has 8 heteroatoms. The highest BCUT2D eigenvalue weighted by Gasteiger charge is 2.23. The standard InChI is InChI=1S/C15H19N5O3/c1-11-17-18-19-20(11)13(10-12-6-3-2-4-7-12)15(23)16-9-5-8-14(21)22/h2-4,6-7,13H,5,8-10H2,1H3,(H,16,23)(H,21,22). The first kappa shape index (κ1) is 16.6. The van der Waals surface area contributed by atoms with Crippen LogP contribution in [0.25, 0.3) is 0 Å². The van der Waals surface area contributed by atoms with Gasteiger partial charge in [-0.2, -0.15) is 0 Å². The second-order valence-corrected chi connectivity index (χ2v) is 5.16. The third kappa shape index (κ3) is 4.87. The summed E-state index contributed by atoms with van der Waals surface area (Å²) in [6.07, 6.45) is 0.860. The molecular weight excluding hydrogens is 298 g/mol. The van der Waals surface area contributed by atoms with E-state index in [1.807, 2.05) is 30.3 Å². The monoisotopic (exact) mass is 317 g/mol. The summed E-state index contributed by atoms with van der Waals surface area (Å²) in [7, 11) is 0. The molecule has 1 aromatic carbocycles. The normalized spacial score (nSPS) is 11.9. The van der Waals surface area contributed by atoms with Crippen molar-refractivity contribution in [3.8, 4) is 0 Å². The Labute approximate surface area is 133 Å². The van der Waals surface area contributed by atoms with E-state index in [2.05, 4.69) is 20.8 Å². The minimum Gasteiger partial charge on any atom is -0.481 e. The van der Waals surface area contributed by atoms with Crippen LogP contribution in [0.15, 0.2) is 30.3 Å². The van der Waals surface area contributed by atoms with Crippen molar-refractivity contribution in [2.24, 2.45) is 0 Å². The van der Waals surface area contributed by atoms with Crippen molar-refractivity contribution in [2.45, 2.75) is 32.2 Å². The summed E-state index contributed by atoms with van der Waals surface area (Å²) in [6.45, 7) is 2.04. The number of benzene rings is 1. The van der Waals surface area contributed by atoms with Gasteiger partial charge in [-0.15, -0.1) is 5.10 Å². The number of aryl methyl sites for hydroxylation is 1. The Kier molecular flexibility index (Phi) is 5.79. The molecule has 0 spiro atoms. The van der Waals surface area contributed by atoms with Gasteiger partial charge in [-0.25, -0.2) is 4.68 Å². The van der Waals surface area contributed by atoms with E-state index < -0.39 is 12.0 Å². The largest absolute Gasteiger partial charge is 0.481 e. The molecule has 1 amide bonds. The number of carbonyl (C=O) groups is 2. The Morgan fingerprint density at radius 2 is 2.04 bits per heavy atom. The Morgan fingerprint density at radius 3 is 2.65 bits per heavy atom. The fourth-order valence-electron chi connectivity index (χ4n) is 2.22. The zero-order valence-electron chi connectivity index (χ0n) is 12.8. The van der Waals surface area contributed by atoms with Gasteiger partial charge in [0.2, 0.25) is 5.91 Å². The first-order valence-corrected chi connectivity index (χ1v) is 7.36. The molecule has 0 aliphatic rings. The lowest BCUT2D eigenvalue weighted by Crippen LogP contribution is -2.35. The highest BCUT2D eigenvalue weighted by molar-refractivity contribution is 5.80. The van der Waals surface area contributed by atoms with Gasteiger partial charge in [0.15, 0.2) is 0 Å². The maximum absolute atomic E-state index is 12.5. The summed E-state index contributed by atoms with van der Waals surface area (Å²) in [5.41, 5.74) is 0.994. The summed E-state index contributed by atoms with van der Waals surface area (Å²) in [6, 6.07) is 9.02. The van der Waals surface area contributed by atoms with Gasteiger partial charge in [-0.3, -0.25) is 9.59 Å². The van der Waals surface area contributed by atoms with Gasteiger partial charge in [0, 0.05) is 19.4 Å². The van der Waals surface area contributed by atoms with E-state index in [0.717, 1.165) is 5.56 Å². The number of amides is 1. The molecule has 1 aromatic heterocycles. The van der Waals surface area contributed by atoms with E-state index in [0.29, 0.717) is 25.2 Å². The molecular formula is C15H19N5O3. The smallest absolute Gasteiger partial charge is 0.303 e. The molecule has 0 radical (unpaired) electrons. The molecule has 0 aliphatic heterocycles. The van der Waals surface area contributed by atoms with Crippen molar-refractivity contribution in [1.29, 1.82) is 0 Å². The van der Waals surface area contributed by atoms with Crippen molar-refractivity contribution >= 4 is 11.9 Å². The second kappa shape index (κ2) is 8.02. The summed E-state index contributed by atoms with van der Waals surface area (Å²) in [4.78, 5) is 23.0. The maximum atomic E-state index is 12.5. The van der Waals surface area contributed by atoms with E-state index >= 15 is 0 Å². The number of hydrogen-bond acceptors (Lipinski definition) is 5. The predicted molar refractivity (Wildman–Crippen MR) is 81.6 cm³/mol. The maximum Gasteiger partial charge on any atom is 0.303 e. The van der Waals surface area contributed by atoms with Gasteiger partial charge in [0.1, 0.15) is 11.9 Å². The number of nitrogens with zero attached hydrogens (tertiary/aromatic N) is 4. The molecule has 2 N–H and O–H groups in total. The van der Waals surface area contributed by atoms with Gasteiger partial charge >= 0.3 is 5.97 Å². The minimum atomic E-state index is -0.878. The van der Waals surface area contributed by atoms with E-state index in [9.17, 15) is 9.59 Å². The molecule has 0 aliphatic carbocycles. The van der Waals surface area contributed by atoms with Crippen LogP contribution in [0.1, 0.15) is 30.3 Å². The van der Waals surface area contributed by atoms with Gasteiger partial charge in [0.25, 0.3) is 0 Å². The van der Waals surface area contributed by atoms with Gasteiger partial charge < -0.3 is 10.4 Å². The number of tetrazole rings is 1. The van der Waals surface area contributed by atoms with Crippen LogP contribution in [0.3, 0.4) is 0 Å². The van der Waals surface area contributed by atoms with Gasteiger partial charge in [-0.05, 0) is 29.3 Å². The highest BCUT2D eigenvalue weighted by atomic mass is 16.4. The number of hydrogen-bond donors (Lipinski definition) is 2. The molecule has 122 valence electrons. The zero-order chi connectivity index (χ0) is 16.7. The first-order valence-electron chi connectivity index (χ1n) is 7.36. The van der Waals surface area contributed by atoms with Crippen LogP contribution in [-0.2, 0) is 16.0 Å². The molecule has 1 heterocycles. The average molecular weight is 317 g/mol. The second-order valence-electron chi connectivity index (χ2n) is 5.16. The molecule has 0 saturated heterocycles. The van der Waals surface area contributed by atoms with Crippen molar-refractivity contribution in [2.75, 3.05) is 6.54 Å². The molecule has 2 rings (SSSR count).